The highest BCUT2D eigenvalue weighted by atomic mass is 14.6. The standard InChI is InChI=1S/C29H52.2C2H6/c1-19(2)21(4)8-9-22(5)25-12-13-26-24-11-10-23-18-20(3)14-16-28(23,6)27(24)15-17-29(25,26)7;2*1-2/h19-27H,8-18H2,1-7H3;2*1-2H3. The maximum atomic E-state index is 2.76. The smallest absolute Gasteiger partial charge is 0.0264 e. The quantitative estimate of drug-likeness (QED) is 0.382. The Bertz CT molecular complexity index is 562. The van der Waals surface area contributed by atoms with Gasteiger partial charge in [-0.25, -0.2) is 0 Å². The average molecular weight is 461 g/mol. The first-order valence-electron chi connectivity index (χ1n) is 15.7. The molecule has 0 radical (unpaired) electrons. The Morgan fingerprint density at radius 1 is 0.697 bits per heavy atom. The maximum Gasteiger partial charge on any atom is -0.0264 e. The van der Waals surface area contributed by atoms with E-state index in [9.17, 15) is 0 Å². The summed E-state index contributed by atoms with van der Waals surface area (Å²) >= 11 is 0. The molecular weight excluding hydrogens is 396 g/mol. The third kappa shape index (κ3) is 5.71. The molecule has 0 amide bonds. The van der Waals surface area contributed by atoms with E-state index < -0.39 is 0 Å². The van der Waals surface area contributed by atoms with E-state index in [-0.39, 0.29) is 0 Å². The molecule has 10 unspecified atom stereocenters. The highest BCUT2D eigenvalue weighted by Crippen LogP contribution is 2.68. The van der Waals surface area contributed by atoms with Crippen LogP contribution in [0.3, 0.4) is 0 Å². The minimum atomic E-state index is 0.660. The zero-order valence-electron chi connectivity index (χ0n) is 25.0. The summed E-state index contributed by atoms with van der Waals surface area (Å²) in [6, 6.07) is 0. The van der Waals surface area contributed by atoms with Gasteiger partial charge in [0.2, 0.25) is 0 Å². The van der Waals surface area contributed by atoms with E-state index in [1.807, 2.05) is 27.7 Å². The lowest BCUT2D eigenvalue weighted by molar-refractivity contribution is -0.120. The van der Waals surface area contributed by atoms with Gasteiger partial charge in [0.25, 0.3) is 0 Å². The van der Waals surface area contributed by atoms with Gasteiger partial charge in [-0.05, 0) is 115 Å². The molecule has 0 saturated heterocycles. The van der Waals surface area contributed by atoms with Crippen LogP contribution in [0.4, 0.5) is 0 Å². The fourth-order valence-electron chi connectivity index (χ4n) is 9.51. The van der Waals surface area contributed by atoms with Crippen molar-refractivity contribution in [3.05, 3.63) is 0 Å². The molecule has 10 atom stereocenters. The second-order valence-electron chi connectivity index (χ2n) is 13.5. The first-order chi connectivity index (χ1) is 15.7. The summed E-state index contributed by atoms with van der Waals surface area (Å²) < 4.78 is 0. The summed E-state index contributed by atoms with van der Waals surface area (Å²) in [5.41, 5.74) is 1.35. The highest BCUT2D eigenvalue weighted by Gasteiger charge is 2.60. The molecule has 33 heavy (non-hydrogen) atoms. The van der Waals surface area contributed by atoms with Crippen LogP contribution < -0.4 is 0 Å². The molecule has 0 aliphatic heterocycles. The Kier molecular flexibility index (Phi) is 10.9. The van der Waals surface area contributed by atoms with E-state index in [0.29, 0.717) is 10.8 Å². The predicted molar refractivity (Wildman–Crippen MR) is 149 cm³/mol. The van der Waals surface area contributed by atoms with Crippen molar-refractivity contribution < 1.29 is 0 Å². The topological polar surface area (TPSA) is 0 Å². The van der Waals surface area contributed by atoms with E-state index in [2.05, 4.69) is 48.5 Å². The lowest BCUT2D eigenvalue weighted by atomic mass is 9.44. The SMILES string of the molecule is CC.CC.CC1CCC2(C)C(CCC3C2CCC2(C)C(C(C)CCC(C)C(C)C)CCC32)C1. The Hall–Kier alpha value is 0. The second kappa shape index (κ2) is 12.3. The van der Waals surface area contributed by atoms with Crippen LogP contribution in [0.5, 0.6) is 0 Å². The number of hydrogen-bond acceptors (Lipinski definition) is 0. The molecule has 0 aromatic rings. The zero-order chi connectivity index (χ0) is 25.0. The fraction of sp³-hybridized carbons (Fsp3) is 1.00. The van der Waals surface area contributed by atoms with Crippen LogP contribution >= 0.6 is 0 Å². The Morgan fingerprint density at radius 3 is 1.94 bits per heavy atom. The minimum Gasteiger partial charge on any atom is -0.0683 e. The number of rotatable bonds is 5. The van der Waals surface area contributed by atoms with Crippen LogP contribution in [0, 0.1) is 64.1 Å². The lowest BCUT2D eigenvalue weighted by Gasteiger charge is -2.61. The van der Waals surface area contributed by atoms with Crippen molar-refractivity contribution in [2.45, 2.75) is 147 Å². The van der Waals surface area contributed by atoms with Gasteiger partial charge in [-0.15, -0.1) is 0 Å². The van der Waals surface area contributed by atoms with Crippen LogP contribution in [0.25, 0.3) is 0 Å². The van der Waals surface area contributed by atoms with Gasteiger partial charge in [-0.2, -0.15) is 0 Å². The Labute approximate surface area is 210 Å². The lowest BCUT2D eigenvalue weighted by Crippen LogP contribution is -2.53. The molecule has 4 rings (SSSR count). The summed E-state index contributed by atoms with van der Waals surface area (Å²) in [6.45, 7) is 25.9. The highest BCUT2D eigenvalue weighted by molar-refractivity contribution is 5.09. The zero-order valence-corrected chi connectivity index (χ0v) is 25.0. The van der Waals surface area contributed by atoms with Crippen LogP contribution in [0.1, 0.15) is 147 Å². The van der Waals surface area contributed by atoms with Crippen LogP contribution in [-0.4, -0.2) is 0 Å². The van der Waals surface area contributed by atoms with E-state index in [1.54, 1.807) is 38.5 Å². The van der Waals surface area contributed by atoms with Gasteiger partial charge in [0.05, 0.1) is 0 Å². The summed E-state index contributed by atoms with van der Waals surface area (Å²) in [5, 5.41) is 0. The van der Waals surface area contributed by atoms with Gasteiger partial charge in [-0.3, -0.25) is 0 Å². The number of hydrogen-bond donors (Lipinski definition) is 0. The third-order valence-electron chi connectivity index (χ3n) is 11.9. The van der Waals surface area contributed by atoms with Crippen LogP contribution in [0.15, 0.2) is 0 Å². The summed E-state index contributed by atoms with van der Waals surface area (Å²) in [5.74, 6) is 8.88. The number of fused-ring (bicyclic) bond motifs is 5. The maximum absolute atomic E-state index is 2.76. The van der Waals surface area contributed by atoms with Crippen molar-refractivity contribution in [3.63, 3.8) is 0 Å². The molecule has 0 nitrogen and oxygen atoms in total. The molecule has 0 N–H and O–H groups in total. The molecule has 4 aliphatic carbocycles. The first kappa shape index (κ1) is 29.2. The molecule has 0 aromatic carbocycles. The molecule has 0 spiro atoms. The average Bonchev–Trinajstić information content (AvgIpc) is 3.17. The molecular formula is C33H64. The van der Waals surface area contributed by atoms with Crippen molar-refractivity contribution in [1.29, 1.82) is 0 Å². The fourth-order valence-corrected chi connectivity index (χ4v) is 9.51. The molecule has 4 aliphatic rings. The van der Waals surface area contributed by atoms with Crippen molar-refractivity contribution >= 4 is 0 Å². The molecule has 4 fully saturated rings. The van der Waals surface area contributed by atoms with Gasteiger partial charge >= 0.3 is 0 Å². The second-order valence-corrected chi connectivity index (χ2v) is 13.5. The molecule has 0 bridgehead atoms. The van der Waals surface area contributed by atoms with Gasteiger partial charge in [0, 0.05) is 0 Å². The van der Waals surface area contributed by atoms with E-state index in [0.717, 1.165) is 53.3 Å². The largest absolute Gasteiger partial charge is 0.0683 e. The van der Waals surface area contributed by atoms with Crippen molar-refractivity contribution in [2.24, 2.45) is 64.1 Å². The van der Waals surface area contributed by atoms with Crippen molar-refractivity contribution in [3.8, 4) is 0 Å². The molecule has 0 heterocycles. The molecule has 0 aromatic heterocycles. The van der Waals surface area contributed by atoms with Crippen molar-refractivity contribution in [2.75, 3.05) is 0 Å². The minimum absolute atomic E-state index is 0.660. The summed E-state index contributed by atoms with van der Waals surface area (Å²) in [6.07, 6.45) is 16.8. The van der Waals surface area contributed by atoms with Gasteiger partial charge in [0.1, 0.15) is 0 Å². The summed E-state index contributed by atoms with van der Waals surface area (Å²) in [7, 11) is 0. The molecule has 196 valence electrons. The normalized spacial score (nSPS) is 43.6. The van der Waals surface area contributed by atoms with E-state index in [1.165, 1.54) is 32.1 Å². The predicted octanol–water partition coefficient (Wildman–Crippen LogP) is 11.0. The van der Waals surface area contributed by atoms with Crippen molar-refractivity contribution in [1.82, 2.24) is 0 Å². The van der Waals surface area contributed by atoms with Gasteiger partial charge in [0.15, 0.2) is 0 Å². The Balaban J connectivity index is 0.000000914. The van der Waals surface area contributed by atoms with Gasteiger partial charge < -0.3 is 0 Å². The monoisotopic (exact) mass is 461 g/mol. The van der Waals surface area contributed by atoms with E-state index >= 15 is 0 Å². The molecule has 4 saturated carbocycles. The van der Waals surface area contributed by atoms with E-state index in [4.69, 9.17) is 0 Å². The Morgan fingerprint density at radius 2 is 1.30 bits per heavy atom. The summed E-state index contributed by atoms with van der Waals surface area (Å²) in [4.78, 5) is 0. The van der Waals surface area contributed by atoms with Gasteiger partial charge in [-0.1, -0.05) is 95.4 Å². The van der Waals surface area contributed by atoms with Crippen LogP contribution in [0.2, 0.25) is 0 Å². The van der Waals surface area contributed by atoms with Crippen LogP contribution in [-0.2, 0) is 0 Å². The molecule has 0 heteroatoms. The first-order valence-corrected chi connectivity index (χ1v) is 15.7. The third-order valence-corrected chi connectivity index (χ3v) is 11.9.